The van der Waals surface area contributed by atoms with Gasteiger partial charge in [0, 0.05) is 12.5 Å². The van der Waals surface area contributed by atoms with Crippen LogP contribution < -0.4 is 14.8 Å². The topological polar surface area (TPSA) is 102 Å². The molecule has 1 N–H and O–H groups in total. The fourth-order valence-corrected chi connectivity index (χ4v) is 7.31. The largest absolute Gasteiger partial charge is 0.490 e. The fraction of sp³-hybridized carbons (Fsp3) is 0.571. The van der Waals surface area contributed by atoms with Crippen molar-refractivity contribution in [3.63, 3.8) is 0 Å². The average molecular weight is 495 g/mol. The van der Waals surface area contributed by atoms with Crippen molar-refractivity contribution in [3.05, 3.63) is 29.3 Å². The van der Waals surface area contributed by atoms with Crippen LogP contribution in [0.5, 0.6) is 11.5 Å². The Kier molecular flexibility index (Phi) is 6.39. The Morgan fingerprint density at radius 2 is 1.72 bits per heavy atom. The third kappa shape index (κ3) is 4.31. The van der Waals surface area contributed by atoms with Gasteiger partial charge in [-0.2, -0.15) is 0 Å². The lowest BCUT2D eigenvalue weighted by Gasteiger charge is -2.60. The predicted octanol–water partition coefficient (Wildman–Crippen LogP) is 4.47. The summed E-state index contributed by atoms with van der Waals surface area (Å²) in [4.78, 5) is 52.4. The van der Waals surface area contributed by atoms with Crippen LogP contribution in [0, 0.1) is 23.2 Å². The van der Waals surface area contributed by atoms with E-state index in [2.05, 4.69) is 5.32 Å². The normalized spacial score (nSPS) is 31.0. The average Bonchev–Trinajstić information content (AvgIpc) is 2.82. The minimum absolute atomic E-state index is 0.0693. The lowest BCUT2D eigenvalue weighted by molar-refractivity contribution is -0.139. The third-order valence-electron chi connectivity index (χ3n) is 8.58. The highest BCUT2D eigenvalue weighted by molar-refractivity contribution is 6.31. The Morgan fingerprint density at radius 1 is 1.08 bits per heavy atom. The molecule has 1 aliphatic heterocycles. The number of imide groups is 2. The molecule has 8 nitrogen and oxygen atoms in total. The fourth-order valence-electron chi connectivity index (χ4n) is 7.31. The Hall–Kier alpha value is -3.16. The molecule has 1 saturated heterocycles. The third-order valence-corrected chi connectivity index (χ3v) is 8.58. The molecule has 6 rings (SSSR count). The van der Waals surface area contributed by atoms with Gasteiger partial charge in [-0.05, 0) is 99.3 Å². The Morgan fingerprint density at radius 3 is 2.31 bits per heavy atom. The summed E-state index contributed by atoms with van der Waals surface area (Å²) >= 11 is 0. The smallest absolute Gasteiger partial charge is 0.331 e. The first-order valence-electron chi connectivity index (χ1n) is 13.1. The zero-order valence-corrected chi connectivity index (χ0v) is 21.2. The molecule has 5 fully saturated rings. The highest BCUT2D eigenvalue weighted by Crippen LogP contribution is 2.62. The monoisotopic (exact) mass is 494 g/mol. The van der Waals surface area contributed by atoms with E-state index in [1.54, 1.807) is 25.1 Å². The van der Waals surface area contributed by atoms with Gasteiger partial charge in [-0.25, -0.2) is 4.79 Å². The number of hydrogen-bond acceptors (Lipinski definition) is 6. The Labute approximate surface area is 211 Å². The van der Waals surface area contributed by atoms with Crippen LogP contribution in [0.3, 0.4) is 0 Å². The molecular formula is C28H34N2O6. The molecule has 1 atom stereocenters. The molecule has 0 radical (unpaired) electrons. The SMILES string of the molecule is CCOc1cc(/C=C2\C(=O)NC(=O)N([C@@H](C)C34CC5CC(CC(C5)C3)C4)C2=O)ccc1OC(=O)CC. The van der Waals surface area contributed by atoms with Gasteiger partial charge in [0.1, 0.15) is 5.57 Å². The molecular weight excluding hydrogens is 460 g/mol. The van der Waals surface area contributed by atoms with Crippen molar-refractivity contribution in [1.29, 1.82) is 0 Å². The first kappa shape index (κ1) is 24.5. The summed E-state index contributed by atoms with van der Waals surface area (Å²) in [6.45, 7) is 5.83. The van der Waals surface area contributed by atoms with Crippen LogP contribution in [0.15, 0.2) is 23.8 Å². The van der Waals surface area contributed by atoms with Crippen molar-refractivity contribution in [2.75, 3.05) is 6.61 Å². The highest BCUT2D eigenvalue weighted by Gasteiger charge is 2.56. The molecule has 4 amide bonds. The molecule has 0 spiro atoms. The van der Waals surface area contributed by atoms with E-state index in [9.17, 15) is 19.2 Å². The van der Waals surface area contributed by atoms with Crippen LogP contribution in [0.2, 0.25) is 0 Å². The number of ether oxygens (including phenoxy) is 2. The molecule has 1 heterocycles. The van der Waals surface area contributed by atoms with Crippen molar-refractivity contribution < 1.29 is 28.7 Å². The number of nitrogens with one attached hydrogen (secondary N) is 1. The molecule has 8 heteroatoms. The Balaban J connectivity index is 1.43. The molecule has 5 aliphatic rings. The van der Waals surface area contributed by atoms with Gasteiger partial charge in [-0.3, -0.25) is 24.6 Å². The van der Waals surface area contributed by atoms with E-state index in [0.717, 1.165) is 19.3 Å². The number of carbonyl (C=O) groups is 4. The maximum absolute atomic E-state index is 13.6. The van der Waals surface area contributed by atoms with Crippen LogP contribution >= 0.6 is 0 Å². The number of carbonyl (C=O) groups excluding carboxylic acids is 4. The molecule has 4 saturated carbocycles. The minimum Gasteiger partial charge on any atom is -0.490 e. The summed E-state index contributed by atoms with van der Waals surface area (Å²) < 4.78 is 11.0. The van der Waals surface area contributed by atoms with Gasteiger partial charge in [0.25, 0.3) is 11.8 Å². The summed E-state index contributed by atoms with van der Waals surface area (Å²) in [7, 11) is 0. The van der Waals surface area contributed by atoms with Gasteiger partial charge in [-0.15, -0.1) is 0 Å². The molecule has 0 aromatic heterocycles. The lowest BCUT2D eigenvalue weighted by atomic mass is 9.47. The van der Waals surface area contributed by atoms with Gasteiger partial charge in [0.15, 0.2) is 11.5 Å². The van der Waals surface area contributed by atoms with E-state index in [0.29, 0.717) is 35.7 Å². The molecule has 192 valence electrons. The van der Waals surface area contributed by atoms with Crippen LogP contribution in [-0.2, 0) is 14.4 Å². The summed E-state index contributed by atoms with van der Waals surface area (Å²) in [5, 5.41) is 2.39. The van der Waals surface area contributed by atoms with E-state index in [-0.39, 0.29) is 29.2 Å². The second-order valence-electron chi connectivity index (χ2n) is 10.9. The summed E-state index contributed by atoms with van der Waals surface area (Å²) in [6.07, 6.45) is 8.61. The molecule has 4 aliphatic carbocycles. The number of rotatable bonds is 7. The second kappa shape index (κ2) is 9.37. The van der Waals surface area contributed by atoms with E-state index in [1.807, 2.05) is 13.8 Å². The van der Waals surface area contributed by atoms with E-state index in [1.165, 1.54) is 30.2 Å². The van der Waals surface area contributed by atoms with Crippen LogP contribution in [-0.4, -0.2) is 41.4 Å². The number of urea groups is 1. The minimum atomic E-state index is -0.710. The van der Waals surface area contributed by atoms with Crippen LogP contribution in [0.25, 0.3) is 6.08 Å². The van der Waals surface area contributed by atoms with Crippen molar-refractivity contribution in [3.8, 4) is 11.5 Å². The van der Waals surface area contributed by atoms with Crippen molar-refractivity contribution in [2.45, 2.75) is 71.8 Å². The highest BCUT2D eigenvalue weighted by atomic mass is 16.6. The molecule has 0 unspecified atom stereocenters. The van der Waals surface area contributed by atoms with E-state index < -0.39 is 23.8 Å². The maximum Gasteiger partial charge on any atom is 0.331 e. The van der Waals surface area contributed by atoms with Crippen molar-refractivity contribution in [2.24, 2.45) is 23.2 Å². The van der Waals surface area contributed by atoms with Crippen molar-refractivity contribution in [1.82, 2.24) is 10.2 Å². The quantitative estimate of drug-likeness (QED) is 0.260. The number of barbiturate groups is 1. The zero-order valence-electron chi connectivity index (χ0n) is 21.2. The van der Waals surface area contributed by atoms with Crippen LogP contribution in [0.1, 0.15) is 71.3 Å². The van der Waals surface area contributed by atoms with Gasteiger partial charge in [0.05, 0.1) is 6.61 Å². The number of amides is 4. The van der Waals surface area contributed by atoms with Crippen molar-refractivity contribution >= 4 is 29.9 Å². The standard InChI is InChI=1S/C28H34N2O6/c1-4-24(31)36-22-7-6-17(12-23(22)35-5-2)11-21-25(32)29-27(34)30(26(21)33)16(3)28-13-18-8-19(14-28)10-20(9-18)15-28/h6-7,11-12,16,18-20H,4-5,8-10,13-15H2,1-3H3,(H,29,32,34)/b21-11+/t16-,18?,19?,20?,28?/m0/s1. The number of nitrogens with zero attached hydrogens (tertiary/aromatic N) is 1. The Bertz CT molecular complexity index is 1100. The number of hydrogen-bond donors (Lipinski definition) is 1. The van der Waals surface area contributed by atoms with Gasteiger partial charge >= 0.3 is 12.0 Å². The lowest BCUT2D eigenvalue weighted by Crippen LogP contribution is -2.63. The summed E-state index contributed by atoms with van der Waals surface area (Å²) in [6, 6.07) is 3.93. The molecule has 4 bridgehead atoms. The predicted molar refractivity (Wildman–Crippen MR) is 132 cm³/mol. The zero-order chi connectivity index (χ0) is 25.6. The molecule has 1 aromatic carbocycles. The van der Waals surface area contributed by atoms with Gasteiger partial charge in [-0.1, -0.05) is 13.0 Å². The summed E-state index contributed by atoms with van der Waals surface area (Å²) in [5.74, 6) is 0.980. The van der Waals surface area contributed by atoms with Crippen LogP contribution in [0.4, 0.5) is 4.79 Å². The summed E-state index contributed by atoms with van der Waals surface area (Å²) in [5.41, 5.74) is 0.372. The first-order valence-corrected chi connectivity index (χ1v) is 13.1. The maximum atomic E-state index is 13.6. The number of benzene rings is 1. The molecule has 1 aromatic rings. The van der Waals surface area contributed by atoms with Gasteiger partial charge in [0.2, 0.25) is 0 Å². The number of esters is 1. The second-order valence-corrected chi connectivity index (χ2v) is 10.9. The van der Waals surface area contributed by atoms with Gasteiger partial charge < -0.3 is 9.47 Å². The molecule has 36 heavy (non-hydrogen) atoms. The van der Waals surface area contributed by atoms with E-state index >= 15 is 0 Å². The van der Waals surface area contributed by atoms with E-state index in [4.69, 9.17) is 9.47 Å². The first-order chi connectivity index (χ1) is 17.2.